The molecule has 2 N–H and O–H groups in total. The Hall–Kier alpha value is -2.11. The van der Waals surface area contributed by atoms with E-state index in [1.807, 2.05) is 0 Å². The van der Waals surface area contributed by atoms with Gasteiger partial charge in [-0.2, -0.15) is 0 Å². The highest BCUT2D eigenvalue weighted by atomic mass is 16.4. The molecule has 0 saturated heterocycles. The predicted octanol–water partition coefficient (Wildman–Crippen LogP) is 1.02. The molecule has 6 nitrogen and oxygen atoms in total. The van der Waals surface area contributed by atoms with Crippen molar-refractivity contribution >= 4 is 17.7 Å². The van der Waals surface area contributed by atoms with Gasteiger partial charge in [0.2, 0.25) is 0 Å². The first-order chi connectivity index (χ1) is 7.59. The summed E-state index contributed by atoms with van der Waals surface area (Å²) in [5.41, 5.74) is 0.578. The molecule has 1 aromatic heterocycles. The minimum atomic E-state index is -0.930. The highest BCUT2D eigenvalue weighted by molar-refractivity contribution is 5.89. The number of hydrogen-bond donors (Lipinski definition) is 2. The Kier molecular flexibility index (Phi) is 4.26. The average Bonchev–Trinajstić information content (AvgIpc) is 2.27. The van der Waals surface area contributed by atoms with E-state index in [2.05, 4.69) is 10.3 Å². The Morgan fingerprint density at radius 1 is 1.56 bits per heavy atom. The third-order valence-electron chi connectivity index (χ3n) is 1.92. The summed E-state index contributed by atoms with van der Waals surface area (Å²) in [7, 11) is 1.54. The summed E-state index contributed by atoms with van der Waals surface area (Å²) < 4.78 is 0. The number of hydrogen-bond acceptors (Lipinski definition) is 3. The smallest absolute Gasteiger partial charge is 0.321 e. The molecule has 86 valence electrons. The van der Waals surface area contributed by atoms with E-state index < -0.39 is 5.97 Å². The Morgan fingerprint density at radius 3 is 2.88 bits per heavy atom. The van der Waals surface area contributed by atoms with Gasteiger partial charge >= 0.3 is 12.0 Å². The second-order valence-electron chi connectivity index (χ2n) is 3.24. The topological polar surface area (TPSA) is 82.5 Å². The van der Waals surface area contributed by atoms with Gasteiger partial charge in [0.25, 0.3) is 0 Å². The van der Waals surface area contributed by atoms with Crippen LogP contribution in [0.5, 0.6) is 0 Å². The molecule has 2 amide bonds. The van der Waals surface area contributed by atoms with Crippen molar-refractivity contribution in [3.05, 3.63) is 24.5 Å². The standard InChI is InChI=1S/C10H13N3O3/c1-13(6-4-9(14)15)10(16)12-8-3-2-5-11-7-8/h2-3,5,7H,4,6H2,1H3,(H,12,16)(H,14,15). The van der Waals surface area contributed by atoms with Gasteiger partial charge in [-0.25, -0.2) is 4.79 Å². The average molecular weight is 223 g/mol. The molecule has 0 spiro atoms. The number of nitrogens with one attached hydrogen (secondary N) is 1. The predicted molar refractivity (Wildman–Crippen MR) is 58.1 cm³/mol. The molecule has 0 unspecified atom stereocenters. The molecule has 0 radical (unpaired) electrons. The van der Waals surface area contributed by atoms with Gasteiger partial charge in [-0.15, -0.1) is 0 Å². The molecule has 0 aliphatic rings. The summed E-state index contributed by atoms with van der Waals surface area (Å²) in [5.74, 6) is -0.930. The van der Waals surface area contributed by atoms with Crippen LogP contribution in [-0.4, -0.2) is 40.6 Å². The first kappa shape index (κ1) is 12.0. The van der Waals surface area contributed by atoms with Crippen molar-refractivity contribution < 1.29 is 14.7 Å². The zero-order valence-corrected chi connectivity index (χ0v) is 8.88. The molecule has 0 aliphatic heterocycles. The van der Waals surface area contributed by atoms with E-state index in [1.54, 1.807) is 18.3 Å². The molecule has 0 aliphatic carbocycles. The molecular formula is C10H13N3O3. The Labute approximate surface area is 92.9 Å². The lowest BCUT2D eigenvalue weighted by atomic mass is 10.4. The molecular weight excluding hydrogens is 210 g/mol. The fourth-order valence-electron chi connectivity index (χ4n) is 1.02. The zero-order valence-electron chi connectivity index (χ0n) is 8.88. The van der Waals surface area contributed by atoms with Crippen LogP contribution in [0.4, 0.5) is 10.5 Å². The van der Waals surface area contributed by atoms with E-state index >= 15 is 0 Å². The Balaban J connectivity index is 2.43. The SMILES string of the molecule is CN(CCC(=O)O)C(=O)Nc1cccnc1. The van der Waals surface area contributed by atoms with Gasteiger partial charge < -0.3 is 15.3 Å². The van der Waals surface area contributed by atoms with Crippen molar-refractivity contribution in [1.82, 2.24) is 9.88 Å². The van der Waals surface area contributed by atoms with Crippen molar-refractivity contribution in [3.8, 4) is 0 Å². The number of rotatable bonds is 4. The highest BCUT2D eigenvalue weighted by Gasteiger charge is 2.09. The summed E-state index contributed by atoms with van der Waals surface area (Å²) in [6.45, 7) is 0.168. The van der Waals surface area contributed by atoms with E-state index in [4.69, 9.17) is 5.11 Å². The number of carbonyl (C=O) groups excluding carboxylic acids is 1. The molecule has 0 bridgehead atoms. The van der Waals surface area contributed by atoms with Crippen molar-refractivity contribution in [2.24, 2.45) is 0 Å². The first-order valence-corrected chi connectivity index (χ1v) is 4.73. The van der Waals surface area contributed by atoms with Gasteiger partial charge in [0.05, 0.1) is 18.3 Å². The molecule has 1 rings (SSSR count). The van der Waals surface area contributed by atoms with Crippen molar-refractivity contribution in [3.63, 3.8) is 0 Å². The maximum Gasteiger partial charge on any atom is 0.321 e. The number of carboxylic acid groups (broad SMARTS) is 1. The van der Waals surface area contributed by atoms with Crippen LogP contribution in [0, 0.1) is 0 Å². The minimum absolute atomic E-state index is 0.0725. The third-order valence-corrected chi connectivity index (χ3v) is 1.92. The molecule has 16 heavy (non-hydrogen) atoms. The normalized spacial score (nSPS) is 9.56. The number of nitrogens with zero attached hydrogens (tertiary/aromatic N) is 2. The molecule has 1 aromatic rings. The number of aromatic nitrogens is 1. The number of carboxylic acids is 1. The number of anilines is 1. The maximum absolute atomic E-state index is 11.5. The fourth-order valence-corrected chi connectivity index (χ4v) is 1.02. The molecule has 6 heteroatoms. The lowest BCUT2D eigenvalue weighted by Crippen LogP contribution is -2.33. The van der Waals surface area contributed by atoms with Crippen LogP contribution in [0.1, 0.15) is 6.42 Å². The van der Waals surface area contributed by atoms with Crippen LogP contribution in [-0.2, 0) is 4.79 Å². The Bertz CT molecular complexity index is 367. The third kappa shape index (κ3) is 3.95. The summed E-state index contributed by atoms with van der Waals surface area (Å²) in [6, 6.07) is 3.05. The van der Waals surface area contributed by atoms with E-state index in [0.29, 0.717) is 5.69 Å². The Morgan fingerprint density at radius 2 is 2.31 bits per heavy atom. The minimum Gasteiger partial charge on any atom is -0.481 e. The van der Waals surface area contributed by atoms with Crippen LogP contribution in [0.2, 0.25) is 0 Å². The molecule has 0 saturated carbocycles. The largest absolute Gasteiger partial charge is 0.481 e. The van der Waals surface area contributed by atoms with Crippen LogP contribution in [0.15, 0.2) is 24.5 Å². The first-order valence-electron chi connectivity index (χ1n) is 4.73. The van der Waals surface area contributed by atoms with Crippen LogP contribution in [0.25, 0.3) is 0 Å². The van der Waals surface area contributed by atoms with Gasteiger partial charge in [0.15, 0.2) is 0 Å². The zero-order chi connectivity index (χ0) is 12.0. The number of pyridine rings is 1. The van der Waals surface area contributed by atoms with Crippen molar-refractivity contribution in [1.29, 1.82) is 0 Å². The van der Waals surface area contributed by atoms with Gasteiger partial charge in [-0.05, 0) is 12.1 Å². The van der Waals surface area contributed by atoms with Crippen LogP contribution < -0.4 is 5.32 Å². The second kappa shape index (κ2) is 5.69. The lowest BCUT2D eigenvalue weighted by Gasteiger charge is -2.16. The van der Waals surface area contributed by atoms with Gasteiger partial charge in [0.1, 0.15) is 0 Å². The van der Waals surface area contributed by atoms with E-state index in [0.717, 1.165) is 0 Å². The summed E-state index contributed by atoms with van der Waals surface area (Å²) in [6.07, 6.45) is 3.05. The van der Waals surface area contributed by atoms with Crippen molar-refractivity contribution in [2.75, 3.05) is 18.9 Å². The number of carbonyl (C=O) groups is 2. The van der Waals surface area contributed by atoms with Crippen molar-refractivity contribution in [2.45, 2.75) is 6.42 Å². The fraction of sp³-hybridized carbons (Fsp3) is 0.300. The monoisotopic (exact) mass is 223 g/mol. The number of aliphatic carboxylic acids is 1. The summed E-state index contributed by atoms with van der Waals surface area (Å²) >= 11 is 0. The maximum atomic E-state index is 11.5. The van der Waals surface area contributed by atoms with Crippen LogP contribution >= 0.6 is 0 Å². The number of amides is 2. The van der Waals surface area contributed by atoms with Gasteiger partial charge in [-0.1, -0.05) is 0 Å². The summed E-state index contributed by atoms with van der Waals surface area (Å²) in [4.78, 5) is 27.0. The molecule has 0 fully saturated rings. The molecule has 0 aromatic carbocycles. The van der Waals surface area contributed by atoms with E-state index in [1.165, 1.54) is 18.1 Å². The molecule has 0 atom stereocenters. The van der Waals surface area contributed by atoms with E-state index in [-0.39, 0.29) is 19.0 Å². The molecule has 1 heterocycles. The quantitative estimate of drug-likeness (QED) is 0.798. The number of urea groups is 1. The lowest BCUT2D eigenvalue weighted by molar-refractivity contribution is -0.137. The van der Waals surface area contributed by atoms with Crippen LogP contribution in [0.3, 0.4) is 0 Å². The van der Waals surface area contributed by atoms with E-state index in [9.17, 15) is 9.59 Å². The van der Waals surface area contributed by atoms with Gasteiger partial charge in [-0.3, -0.25) is 9.78 Å². The second-order valence-corrected chi connectivity index (χ2v) is 3.24. The summed E-state index contributed by atoms with van der Waals surface area (Å²) in [5, 5.41) is 11.1. The highest BCUT2D eigenvalue weighted by Crippen LogP contribution is 2.03. The van der Waals surface area contributed by atoms with Gasteiger partial charge in [0, 0.05) is 19.8 Å².